The lowest BCUT2D eigenvalue weighted by atomic mass is 10.2. The molecular weight excluding hydrogens is 279 g/mol. The summed E-state index contributed by atoms with van der Waals surface area (Å²) in [7, 11) is 1.79. The first-order valence-corrected chi connectivity index (χ1v) is 6.70. The highest BCUT2D eigenvalue weighted by atomic mass is 35.5. The van der Waals surface area contributed by atoms with E-state index in [0.717, 1.165) is 11.4 Å². The molecule has 0 saturated carbocycles. The summed E-state index contributed by atoms with van der Waals surface area (Å²) in [6.07, 6.45) is 0.696. The van der Waals surface area contributed by atoms with Crippen molar-refractivity contribution in [2.45, 2.75) is 20.3 Å². The molecule has 1 heterocycles. The third-order valence-electron chi connectivity index (χ3n) is 2.93. The SMILES string of the molecule is CCc1nc(NC)c(C)c(Nc2cc(Cl)ccc2F)n1. The quantitative estimate of drug-likeness (QED) is 0.897. The van der Waals surface area contributed by atoms with Crippen LogP contribution in [0.4, 0.5) is 21.7 Å². The van der Waals surface area contributed by atoms with Gasteiger partial charge in [-0.05, 0) is 25.1 Å². The molecule has 0 bridgehead atoms. The van der Waals surface area contributed by atoms with Crippen LogP contribution in [0.15, 0.2) is 18.2 Å². The molecule has 0 spiro atoms. The summed E-state index contributed by atoms with van der Waals surface area (Å²) in [6.45, 7) is 3.84. The van der Waals surface area contributed by atoms with E-state index in [1.165, 1.54) is 18.2 Å². The lowest BCUT2D eigenvalue weighted by molar-refractivity contribution is 0.631. The molecule has 0 saturated heterocycles. The van der Waals surface area contributed by atoms with Crippen molar-refractivity contribution in [1.29, 1.82) is 0 Å². The van der Waals surface area contributed by atoms with Gasteiger partial charge in [0.1, 0.15) is 23.3 Å². The first kappa shape index (κ1) is 14.5. The molecule has 0 aliphatic heterocycles. The molecule has 1 aromatic carbocycles. The van der Waals surface area contributed by atoms with Crippen molar-refractivity contribution < 1.29 is 4.39 Å². The van der Waals surface area contributed by atoms with Gasteiger partial charge in [-0.3, -0.25) is 0 Å². The van der Waals surface area contributed by atoms with Gasteiger partial charge < -0.3 is 10.6 Å². The van der Waals surface area contributed by atoms with Gasteiger partial charge in [-0.25, -0.2) is 14.4 Å². The van der Waals surface area contributed by atoms with Gasteiger partial charge in [-0.1, -0.05) is 18.5 Å². The van der Waals surface area contributed by atoms with E-state index in [0.29, 0.717) is 28.8 Å². The van der Waals surface area contributed by atoms with Gasteiger partial charge >= 0.3 is 0 Å². The van der Waals surface area contributed by atoms with Crippen LogP contribution in [0.2, 0.25) is 5.02 Å². The fourth-order valence-corrected chi connectivity index (χ4v) is 1.98. The van der Waals surface area contributed by atoms with Crippen molar-refractivity contribution in [3.05, 3.63) is 40.4 Å². The van der Waals surface area contributed by atoms with E-state index in [-0.39, 0.29) is 5.82 Å². The minimum atomic E-state index is -0.378. The van der Waals surface area contributed by atoms with Crippen LogP contribution in [0, 0.1) is 12.7 Å². The predicted octanol–water partition coefficient (Wildman–Crippen LogP) is 3.93. The molecule has 6 heteroatoms. The summed E-state index contributed by atoms with van der Waals surface area (Å²) in [4.78, 5) is 8.76. The third-order valence-corrected chi connectivity index (χ3v) is 3.16. The Morgan fingerprint density at radius 2 is 1.95 bits per heavy atom. The van der Waals surface area contributed by atoms with E-state index in [1.807, 2.05) is 13.8 Å². The molecule has 20 heavy (non-hydrogen) atoms. The fraction of sp³-hybridized carbons (Fsp3) is 0.286. The van der Waals surface area contributed by atoms with Crippen LogP contribution in [0.5, 0.6) is 0 Å². The van der Waals surface area contributed by atoms with Crippen LogP contribution < -0.4 is 10.6 Å². The number of halogens is 2. The van der Waals surface area contributed by atoms with Gasteiger partial charge in [0.15, 0.2) is 0 Å². The van der Waals surface area contributed by atoms with Gasteiger partial charge in [0.05, 0.1) is 5.69 Å². The topological polar surface area (TPSA) is 49.8 Å². The van der Waals surface area contributed by atoms with Crippen LogP contribution in [0.3, 0.4) is 0 Å². The summed E-state index contributed by atoms with van der Waals surface area (Å²) in [6, 6.07) is 4.36. The van der Waals surface area contributed by atoms with Crippen molar-refractivity contribution in [2.24, 2.45) is 0 Å². The highest BCUT2D eigenvalue weighted by Gasteiger charge is 2.11. The fourth-order valence-electron chi connectivity index (χ4n) is 1.81. The van der Waals surface area contributed by atoms with Crippen molar-refractivity contribution in [3.8, 4) is 0 Å². The molecule has 0 amide bonds. The molecule has 0 atom stereocenters. The van der Waals surface area contributed by atoms with Gasteiger partial charge in [0.2, 0.25) is 0 Å². The average Bonchev–Trinajstić information content (AvgIpc) is 2.45. The number of anilines is 3. The van der Waals surface area contributed by atoms with Crippen LogP contribution in [0.25, 0.3) is 0 Å². The lowest BCUT2D eigenvalue weighted by Crippen LogP contribution is -2.07. The Morgan fingerprint density at radius 3 is 2.60 bits per heavy atom. The minimum absolute atomic E-state index is 0.295. The van der Waals surface area contributed by atoms with Crippen LogP contribution in [0.1, 0.15) is 18.3 Å². The van der Waals surface area contributed by atoms with Crippen molar-refractivity contribution in [3.63, 3.8) is 0 Å². The van der Waals surface area contributed by atoms with Gasteiger partial charge in [0.25, 0.3) is 0 Å². The summed E-state index contributed by atoms with van der Waals surface area (Å²) in [5.74, 6) is 1.60. The second kappa shape index (κ2) is 6.05. The monoisotopic (exact) mass is 294 g/mol. The summed E-state index contributed by atoms with van der Waals surface area (Å²) in [5, 5.41) is 6.45. The van der Waals surface area contributed by atoms with E-state index in [9.17, 15) is 4.39 Å². The number of nitrogens with one attached hydrogen (secondary N) is 2. The molecule has 1 aromatic heterocycles. The van der Waals surface area contributed by atoms with E-state index >= 15 is 0 Å². The molecule has 0 unspecified atom stereocenters. The maximum absolute atomic E-state index is 13.8. The highest BCUT2D eigenvalue weighted by Crippen LogP contribution is 2.27. The molecule has 4 nitrogen and oxygen atoms in total. The maximum Gasteiger partial charge on any atom is 0.146 e. The molecule has 0 fully saturated rings. The zero-order chi connectivity index (χ0) is 14.7. The Bertz CT molecular complexity index is 631. The molecule has 106 valence electrons. The summed E-state index contributed by atoms with van der Waals surface area (Å²) >= 11 is 5.89. The second-order valence-corrected chi connectivity index (χ2v) is 4.75. The Morgan fingerprint density at radius 1 is 1.25 bits per heavy atom. The normalized spacial score (nSPS) is 10.4. The molecular formula is C14H16ClFN4. The highest BCUT2D eigenvalue weighted by molar-refractivity contribution is 6.30. The van der Waals surface area contributed by atoms with Crippen LogP contribution in [-0.4, -0.2) is 17.0 Å². The number of nitrogens with zero attached hydrogens (tertiary/aromatic N) is 2. The summed E-state index contributed by atoms with van der Waals surface area (Å²) < 4.78 is 13.8. The smallest absolute Gasteiger partial charge is 0.146 e. The van der Waals surface area contributed by atoms with Crippen LogP contribution in [-0.2, 0) is 6.42 Å². The van der Waals surface area contributed by atoms with Crippen LogP contribution >= 0.6 is 11.6 Å². The molecule has 0 radical (unpaired) electrons. The van der Waals surface area contributed by atoms with Crippen molar-refractivity contribution >= 4 is 28.9 Å². The van der Waals surface area contributed by atoms with Crippen molar-refractivity contribution in [2.75, 3.05) is 17.7 Å². The van der Waals surface area contributed by atoms with Gasteiger partial charge in [-0.2, -0.15) is 0 Å². The third kappa shape index (κ3) is 2.99. The number of hydrogen-bond acceptors (Lipinski definition) is 4. The van der Waals surface area contributed by atoms with Gasteiger partial charge in [0, 0.05) is 24.1 Å². The predicted molar refractivity (Wildman–Crippen MR) is 80.4 cm³/mol. The summed E-state index contributed by atoms with van der Waals surface area (Å²) in [5.41, 5.74) is 1.12. The Labute approximate surface area is 122 Å². The first-order chi connectivity index (χ1) is 9.55. The van der Waals surface area contributed by atoms with Gasteiger partial charge in [-0.15, -0.1) is 0 Å². The van der Waals surface area contributed by atoms with E-state index in [2.05, 4.69) is 20.6 Å². The molecule has 2 rings (SSSR count). The number of benzene rings is 1. The lowest BCUT2D eigenvalue weighted by Gasteiger charge is -2.14. The zero-order valence-corrected chi connectivity index (χ0v) is 12.3. The minimum Gasteiger partial charge on any atom is -0.373 e. The molecule has 0 aliphatic carbocycles. The molecule has 0 aliphatic rings. The number of aryl methyl sites for hydroxylation is 1. The Hall–Kier alpha value is -1.88. The second-order valence-electron chi connectivity index (χ2n) is 4.31. The number of aromatic nitrogens is 2. The standard InChI is InChI=1S/C14H16ClFN4/c1-4-12-19-13(17-3)8(2)14(20-12)18-11-7-9(15)5-6-10(11)16/h5-7H,4H2,1-3H3,(H2,17,18,19,20). The first-order valence-electron chi connectivity index (χ1n) is 6.32. The molecule has 2 aromatic rings. The Balaban J connectivity index is 2.44. The zero-order valence-electron chi connectivity index (χ0n) is 11.6. The number of rotatable bonds is 4. The molecule has 2 N–H and O–H groups in total. The average molecular weight is 295 g/mol. The van der Waals surface area contributed by atoms with E-state index in [4.69, 9.17) is 11.6 Å². The van der Waals surface area contributed by atoms with Crippen molar-refractivity contribution in [1.82, 2.24) is 9.97 Å². The maximum atomic E-state index is 13.8. The Kier molecular flexibility index (Phi) is 4.39. The largest absolute Gasteiger partial charge is 0.373 e. The van der Waals surface area contributed by atoms with E-state index in [1.54, 1.807) is 7.05 Å². The van der Waals surface area contributed by atoms with E-state index < -0.39 is 0 Å². The number of hydrogen-bond donors (Lipinski definition) is 2.